The molecule has 2 rings (SSSR count). The summed E-state index contributed by atoms with van der Waals surface area (Å²) in [5, 5.41) is 0. The van der Waals surface area contributed by atoms with Crippen molar-refractivity contribution in [2.45, 2.75) is 38.0 Å². The summed E-state index contributed by atoms with van der Waals surface area (Å²) >= 11 is 0. The molecule has 1 fully saturated rings. The zero-order valence-electron chi connectivity index (χ0n) is 9.95. The molecule has 2 heteroatoms. The Morgan fingerprint density at radius 1 is 1.38 bits per heavy atom. The number of carbonyl (C=O) groups excluding carboxylic acids is 1. The Morgan fingerprint density at radius 3 is 2.62 bits per heavy atom. The van der Waals surface area contributed by atoms with Gasteiger partial charge in [0.05, 0.1) is 12.5 Å². The first kappa shape index (κ1) is 11.2. The molecule has 0 unspecified atom stereocenters. The molecule has 0 atom stereocenters. The fraction of sp³-hybridized carbons (Fsp3) is 0.500. The smallest absolute Gasteiger partial charge is 0.316 e. The van der Waals surface area contributed by atoms with Crippen LogP contribution < -0.4 is 0 Å². The average molecular weight is 218 g/mol. The summed E-state index contributed by atoms with van der Waals surface area (Å²) in [5.74, 6) is -0.0731. The topological polar surface area (TPSA) is 26.3 Å². The molecule has 0 heterocycles. The molecule has 0 aromatic heterocycles. The maximum atomic E-state index is 11.8. The number of methoxy groups -OCH3 is 1. The van der Waals surface area contributed by atoms with Gasteiger partial charge in [-0.2, -0.15) is 0 Å². The lowest BCUT2D eigenvalue weighted by molar-refractivity contribution is -0.143. The second-order valence-electron chi connectivity index (χ2n) is 4.48. The summed E-state index contributed by atoms with van der Waals surface area (Å²) < 4.78 is 4.93. The summed E-state index contributed by atoms with van der Waals surface area (Å²) in [4.78, 5) is 11.8. The average Bonchev–Trinajstić information content (AvgIpc) is 3.10. The lowest BCUT2D eigenvalue weighted by Crippen LogP contribution is -2.23. The molecule has 16 heavy (non-hydrogen) atoms. The number of esters is 1. The van der Waals surface area contributed by atoms with Crippen LogP contribution in [0.5, 0.6) is 0 Å². The molecule has 0 N–H and O–H groups in total. The number of ether oxygens (including phenoxy) is 1. The molecule has 1 saturated carbocycles. The van der Waals surface area contributed by atoms with E-state index in [0.717, 1.165) is 25.7 Å². The first-order valence-electron chi connectivity index (χ1n) is 5.91. The van der Waals surface area contributed by atoms with Gasteiger partial charge in [0.15, 0.2) is 0 Å². The van der Waals surface area contributed by atoms with Crippen LogP contribution in [0, 0.1) is 0 Å². The van der Waals surface area contributed by atoms with Crippen LogP contribution in [0.4, 0.5) is 0 Å². The van der Waals surface area contributed by atoms with Crippen LogP contribution in [0.1, 0.15) is 37.3 Å². The van der Waals surface area contributed by atoms with Gasteiger partial charge in [0.2, 0.25) is 0 Å². The van der Waals surface area contributed by atoms with Crippen molar-refractivity contribution < 1.29 is 9.53 Å². The molecule has 0 radical (unpaired) electrons. The third-order valence-corrected chi connectivity index (χ3v) is 3.38. The van der Waals surface area contributed by atoms with E-state index in [0.29, 0.717) is 0 Å². The normalized spacial score (nSPS) is 16.9. The van der Waals surface area contributed by atoms with Gasteiger partial charge in [0, 0.05) is 0 Å². The lowest BCUT2D eigenvalue weighted by Gasteiger charge is -2.17. The maximum absolute atomic E-state index is 11.8. The van der Waals surface area contributed by atoms with Gasteiger partial charge in [0.1, 0.15) is 0 Å². The standard InChI is InChI=1S/C14H18O2/c1-3-6-11-7-4-5-8-12(11)14(9-10-14)13(15)16-2/h4-5,7-8H,3,6,9-10H2,1-2H3. The van der Waals surface area contributed by atoms with Crippen LogP contribution in [0.15, 0.2) is 24.3 Å². The van der Waals surface area contributed by atoms with Crippen LogP contribution in [0.3, 0.4) is 0 Å². The minimum absolute atomic E-state index is 0.0731. The molecule has 0 aliphatic heterocycles. The number of rotatable bonds is 4. The Morgan fingerprint density at radius 2 is 2.06 bits per heavy atom. The van der Waals surface area contributed by atoms with Crippen molar-refractivity contribution in [3.8, 4) is 0 Å². The van der Waals surface area contributed by atoms with Crippen molar-refractivity contribution in [2.24, 2.45) is 0 Å². The molecular weight excluding hydrogens is 200 g/mol. The fourth-order valence-electron chi connectivity index (χ4n) is 2.38. The van der Waals surface area contributed by atoms with Gasteiger partial charge < -0.3 is 4.74 Å². The van der Waals surface area contributed by atoms with Gasteiger partial charge in [-0.1, -0.05) is 37.6 Å². The van der Waals surface area contributed by atoms with Gasteiger partial charge in [0.25, 0.3) is 0 Å². The van der Waals surface area contributed by atoms with Gasteiger partial charge in [-0.3, -0.25) is 4.79 Å². The summed E-state index contributed by atoms with van der Waals surface area (Å²) in [5.41, 5.74) is 2.16. The van der Waals surface area contributed by atoms with Crippen molar-refractivity contribution in [1.29, 1.82) is 0 Å². The molecule has 1 aliphatic carbocycles. The number of carbonyl (C=O) groups is 1. The van der Waals surface area contributed by atoms with E-state index >= 15 is 0 Å². The quantitative estimate of drug-likeness (QED) is 0.726. The number of aryl methyl sites for hydroxylation is 1. The highest BCUT2D eigenvalue weighted by molar-refractivity contribution is 5.87. The second kappa shape index (κ2) is 4.28. The molecule has 1 aromatic rings. The first-order valence-corrected chi connectivity index (χ1v) is 5.91. The molecule has 1 aromatic carbocycles. The third kappa shape index (κ3) is 1.73. The molecule has 1 aliphatic rings. The molecule has 86 valence electrons. The summed E-state index contributed by atoms with van der Waals surface area (Å²) in [6, 6.07) is 8.26. The predicted octanol–water partition coefficient (Wildman–Crippen LogP) is 2.84. The molecule has 2 nitrogen and oxygen atoms in total. The Labute approximate surface area is 96.6 Å². The second-order valence-corrected chi connectivity index (χ2v) is 4.48. The van der Waals surface area contributed by atoms with E-state index in [2.05, 4.69) is 19.1 Å². The van der Waals surface area contributed by atoms with Crippen LogP contribution >= 0.6 is 0 Å². The van der Waals surface area contributed by atoms with E-state index in [1.54, 1.807) is 0 Å². The largest absolute Gasteiger partial charge is 0.468 e. The minimum atomic E-state index is -0.319. The van der Waals surface area contributed by atoms with Crippen molar-refractivity contribution in [3.63, 3.8) is 0 Å². The number of hydrogen-bond acceptors (Lipinski definition) is 2. The molecule has 0 bridgehead atoms. The van der Waals surface area contributed by atoms with Crippen LogP contribution in [0.25, 0.3) is 0 Å². The summed E-state index contributed by atoms with van der Waals surface area (Å²) in [6.45, 7) is 2.16. The van der Waals surface area contributed by atoms with Gasteiger partial charge in [-0.15, -0.1) is 0 Å². The van der Waals surface area contributed by atoms with Crippen LogP contribution in [0.2, 0.25) is 0 Å². The monoisotopic (exact) mass is 218 g/mol. The summed E-state index contributed by atoms with van der Waals surface area (Å²) in [7, 11) is 1.48. The van der Waals surface area contributed by atoms with Crippen LogP contribution in [-0.4, -0.2) is 13.1 Å². The van der Waals surface area contributed by atoms with Crippen molar-refractivity contribution in [2.75, 3.05) is 7.11 Å². The minimum Gasteiger partial charge on any atom is -0.468 e. The summed E-state index contributed by atoms with van der Waals surface area (Å²) in [6.07, 6.45) is 4.00. The van der Waals surface area contributed by atoms with Gasteiger partial charge >= 0.3 is 5.97 Å². The van der Waals surface area contributed by atoms with Gasteiger partial charge in [-0.05, 0) is 30.4 Å². The van der Waals surface area contributed by atoms with E-state index in [-0.39, 0.29) is 11.4 Å². The number of hydrogen-bond donors (Lipinski definition) is 0. The van der Waals surface area contributed by atoms with E-state index in [1.807, 2.05) is 12.1 Å². The third-order valence-electron chi connectivity index (χ3n) is 3.38. The van der Waals surface area contributed by atoms with E-state index in [1.165, 1.54) is 18.2 Å². The SMILES string of the molecule is CCCc1ccccc1C1(C(=O)OC)CC1. The zero-order chi connectivity index (χ0) is 11.6. The van der Waals surface area contributed by atoms with Crippen LogP contribution in [-0.2, 0) is 21.4 Å². The predicted molar refractivity (Wildman–Crippen MR) is 63.4 cm³/mol. The van der Waals surface area contributed by atoms with Crippen molar-refractivity contribution in [3.05, 3.63) is 35.4 Å². The highest BCUT2D eigenvalue weighted by Crippen LogP contribution is 2.50. The Bertz CT molecular complexity index is 391. The first-order chi connectivity index (χ1) is 7.74. The molecule has 0 spiro atoms. The molecule has 0 amide bonds. The van der Waals surface area contributed by atoms with E-state index < -0.39 is 0 Å². The Balaban J connectivity index is 2.36. The number of benzene rings is 1. The van der Waals surface area contributed by atoms with E-state index in [9.17, 15) is 4.79 Å². The fourth-order valence-corrected chi connectivity index (χ4v) is 2.38. The van der Waals surface area contributed by atoms with Gasteiger partial charge in [-0.25, -0.2) is 0 Å². The lowest BCUT2D eigenvalue weighted by atomic mass is 9.89. The zero-order valence-corrected chi connectivity index (χ0v) is 9.95. The molecular formula is C14H18O2. The maximum Gasteiger partial charge on any atom is 0.316 e. The van der Waals surface area contributed by atoms with Crippen molar-refractivity contribution >= 4 is 5.97 Å². The Hall–Kier alpha value is -1.31. The highest BCUT2D eigenvalue weighted by atomic mass is 16.5. The van der Waals surface area contributed by atoms with E-state index in [4.69, 9.17) is 4.74 Å². The Kier molecular flexibility index (Phi) is 2.99. The highest BCUT2D eigenvalue weighted by Gasteiger charge is 2.53. The molecule has 0 saturated heterocycles. The van der Waals surface area contributed by atoms with Crippen molar-refractivity contribution in [1.82, 2.24) is 0 Å².